The van der Waals surface area contributed by atoms with Crippen molar-refractivity contribution in [3.05, 3.63) is 24.3 Å². The summed E-state index contributed by atoms with van der Waals surface area (Å²) >= 11 is 0. The average molecular weight is 1150 g/mol. The molecule has 466 valence electrons. The third kappa shape index (κ3) is 24.1. The maximum atomic E-state index is 13.3. The Labute approximate surface area is 473 Å². The van der Waals surface area contributed by atoms with E-state index in [1.165, 1.54) is 57.8 Å². The van der Waals surface area contributed by atoms with E-state index in [9.17, 15) is 75.7 Å². The molecule has 3 aliphatic rings. The second-order valence-electron chi connectivity index (χ2n) is 21.9. The predicted molar refractivity (Wildman–Crippen MR) is 292 cm³/mol. The molecule has 3 rings (SSSR count). The Balaban J connectivity index is 1.67. The molecule has 14 N–H and O–H groups in total. The quantitative estimate of drug-likeness (QED) is 0.0308. The van der Waals surface area contributed by atoms with E-state index in [-0.39, 0.29) is 18.9 Å². The molecule has 18 unspecified atom stereocenters. The number of carbonyl (C=O) groups is 3. The first kappa shape index (κ1) is 71.5. The fraction of sp³-hybridized carbons (Fsp3) is 0.877. The van der Waals surface area contributed by atoms with E-state index < -0.39 is 148 Å². The van der Waals surface area contributed by atoms with E-state index in [1.807, 2.05) is 0 Å². The highest BCUT2D eigenvalue weighted by molar-refractivity contribution is 5.77. The summed E-state index contributed by atoms with van der Waals surface area (Å²) in [5.41, 5.74) is 0. The van der Waals surface area contributed by atoms with Crippen molar-refractivity contribution in [2.45, 2.75) is 291 Å². The summed E-state index contributed by atoms with van der Waals surface area (Å²) in [5, 5.41) is 135. The highest BCUT2D eigenvalue weighted by Crippen LogP contribution is 2.38. The van der Waals surface area contributed by atoms with Gasteiger partial charge < -0.3 is 100 Å². The summed E-state index contributed by atoms with van der Waals surface area (Å²) < 4.78 is 34.7. The third-order valence-electron chi connectivity index (χ3n) is 15.2. The van der Waals surface area contributed by atoms with Crippen LogP contribution in [0.5, 0.6) is 0 Å². The van der Waals surface area contributed by atoms with Gasteiger partial charge in [0, 0.05) is 19.8 Å². The Bertz CT molecular complexity index is 1750. The van der Waals surface area contributed by atoms with Gasteiger partial charge in [0.2, 0.25) is 11.8 Å². The second-order valence-corrected chi connectivity index (χ2v) is 21.9. The number of carboxylic acid groups (broad SMARTS) is 1. The van der Waals surface area contributed by atoms with Gasteiger partial charge in [-0.3, -0.25) is 9.59 Å². The number of carboxylic acids is 1. The second kappa shape index (κ2) is 39.7. The van der Waals surface area contributed by atoms with Crippen LogP contribution in [0.4, 0.5) is 0 Å². The lowest BCUT2D eigenvalue weighted by molar-refractivity contribution is -0.386. The zero-order chi connectivity index (χ0) is 59.0. The van der Waals surface area contributed by atoms with Gasteiger partial charge in [-0.2, -0.15) is 0 Å². The average Bonchev–Trinajstić information content (AvgIpc) is 3.47. The lowest BCUT2D eigenvalue weighted by atomic mass is 9.88. The van der Waals surface area contributed by atoms with Crippen LogP contribution < -0.4 is 10.6 Å². The number of hydrogen-bond donors (Lipinski definition) is 14. The topological polar surface area (TPSA) is 373 Å². The van der Waals surface area contributed by atoms with Gasteiger partial charge in [0.1, 0.15) is 67.1 Å². The van der Waals surface area contributed by atoms with Crippen molar-refractivity contribution in [2.24, 2.45) is 0 Å². The van der Waals surface area contributed by atoms with Crippen molar-refractivity contribution in [3.63, 3.8) is 0 Å². The molecule has 18 atom stereocenters. The van der Waals surface area contributed by atoms with Crippen LogP contribution in [0.3, 0.4) is 0 Å². The van der Waals surface area contributed by atoms with E-state index in [2.05, 4.69) is 48.8 Å². The SMILES string of the molecule is CCCCC/C=C\C=C/CCCCCCCCC(=O)NC(COC1OC(CO)C(OC2OC(CO)C(O)C(OC3(C(=O)O)CC(O)C(NC(C)=O)C(C(O)C(O)CO)O3)C2O)C(O)C1O)C(O)CCCCCCCCCCCCC. The minimum absolute atomic E-state index is 0.209. The van der Waals surface area contributed by atoms with Gasteiger partial charge in [-0.15, -0.1) is 0 Å². The molecule has 80 heavy (non-hydrogen) atoms. The number of rotatable bonds is 42. The summed E-state index contributed by atoms with van der Waals surface area (Å²) in [4.78, 5) is 38.3. The van der Waals surface area contributed by atoms with Gasteiger partial charge in [0.05, 0.1) is 50.7 Å². The maximum Gasteiger partial charge on any atom is 0.364 e. The Morgan fingerprint density at radius 1 is 0.650 bits per heavy atom. The van der Waals surface area contributed by atoms with Gasteiger partial charge in [0.15, 0.2) is 12.6 Å². The van der Waals surface area contributed by atoms with Crippen LogP contribution in [-0.4, -0.2) is 215 Å². The van der Waals surface area contributed by atoms with Crippen LogP contribution in [0.25, 0.3) is 0 Å². The monoisotopic (exact) mass is 1150 g/mol. The van der Waals surface area contributed by atoms with E-state index in [0.717, 1.165) is 77.6 Å². The molecule has 23 heteroatoms. The molecule has 0 radical (unpaired) electrons. The number of aliphatic hydroxyl groups excluding tert-OH is 11. The van der Waals surface area contributed by atoms with E-state index in [1.54, 1.807) is 0 Å². The highest BCUT2D eigenvalue weighted by Gasteiger charge is 2.60. The van der Waals surface area contributed by atoms with Crippen LogP contribution in [-0.2, 0) is 42.8 Å². The van der Waals surface area contributed by atoms with Crippen LogP contribution in [0.2, 0.25) is 0 Å². The zero-order valence-corrected chi connectivity index (χ0v) is 47.7. The van der Waals surface area contributed by atoms with Gasteiger partial charge in [-0.25, -0.2) is 4.79 Å². The zero-order valence-electron chi connectivity index (χ0n) is 47.7. The lowest BCUT2D eigenvalue weighted by Gasteiger charge is -2.50. The van der Waals surface area contributed by atoms with Crippen molar-refractivity contribution in [1.82, 2.24) is 10.6 Å². The summed E-state index contributed by atoms with van der Waals surface area (Å²) in [6.07, 6.45) is 3.59. The number of unbranched alkanes of at least 4 members (excludes halogenated alkanes) is 19. The highest BCUT2D eigenvalue weighted by atomic mass is 16.8. The van der Waals surface area contributed by atoms with E-state index in [0.29, 0.717) is 19.3 Å². The number of aliphatic carboxylic acids is 1. The maximum absolute atomic E-state index is 13.3. The number of ether oxygens (including phenoxy) is 6. The lowest BCUT2D eigenvalue weighted by Crippen LogP contribution is -2.70. The number of allylic oxidation sites excluding steroid dienone is 4. The van der Waals surface area contributed by atoms with E-state index in [4.69, 9.17) is 28.4 Å². The van der Waals surface area contributed by atoms with Crippen molar-refractivity contribution in [1.29, 1.82) is 0 Å². The minimum Gasteiger partial charge on any atom is -0.477 e. The molecule has 3 fully saturated rings. The molecule has 3 aliphatic heterocycles. The first-order chi connectivity index (χ1) is 38.4. The largest absolute Gasteiger partial charge is 0.477 e. The fourth-order valence-corrected chi connectivity index (χ4v) is 10.3. The summed E-state index contributed by atoms with van der Waals surface area (Å²) in [6, 6.07) is -2.53. The molecule has 0 bridgehead atoms. The number of nitrogens with one attached hydrogen (secondary N) is 2. The first-order valence-corrected chi connectivity index (χ1v) is 29.7. The summed E-state index contributed by atoms with van der Waals surface area (Å²) in [6.45, 7) is 2.09. The van der Waals surface area contributed by atoms with Crippen LogP contribution in [0.1, 0.15) is 181 Å². The number of hydrogen-bond acceptors (Lipinski definition) is 20. The van der Waals surface area contributed by atoms with Crippen molar-refractivity contribution in [2.75, 3.05) is 26.4 Å². The fourth-order valence-electron chi connectivity index (χ4n) is 10.3. The molecule has 0 saturated carbocycles. The molecule has 0 aromatic heterocycles. The van der Waals surface area contributed by atoms with Gasteiger partial charge in [0.25, 0.3) is 5.79 Å². The van der Waals surface area contributed by atoms with Gasteiger partial charge >= 0.3 is 5.97 Å². The Morgan fingerprint density at radius 2 is 1.19 bits per heavy atom. The first-order valence-electron chi connectivity index (χ1n) is 29.7. The smallest absolute Gasteiger partial charge is 0.364 e. The third-order valence-corrected chi connectivity index (χ3v) is 15.2. The van der Waals surface area contributed by atoms with E-state index >= 15 is 0 Å². The molecule has 0 aromatic carbocycles. The Morgan fingerprint density at radius 3 is 1.75 bits per heavy atom. The van der Waals surface area contributed by atoms with Crippen LogP contribution in [0.15, 0.2) is 24.3 Å². The van der Waals surface area contributed by atoms with Crippen LogP contribution >= 0.6 is 0 Å². The van der Waals surface area contributed by atoms with Gasteiger partial charge in [-0.1, -0.05) is 147 Å². The molecule has 0 spiro atoms. The van der Waals surface area contributed by atoms with Crippen molar-refractivity contribution < 1.29 is 104 Å². The molecule has 3 heterocycles. The van der Waals surface area contributed by atoms with Crippen molar-refractivity contribution >= 4 is 17.8 Å². The summed E-state index contributed by atoms with van der Waals surface area (Å²) in [7, 11) is 0. The molecular weight excluding hydrogens is 1050 g/mol. The van der Waals surface area contributed by atoms with Crippen molar-refractivity contribution in [3.8, 4) is 0 Å². The summed E-state index contributed by atoms with van der Waals surface area (Å²) in [5.74, 6) is -6.12. The predicted octanol–water partition coefficient (Wildman–Crippen LogP) is 2.16. The standard InChI is InChI=1S/C57H102N2O21/c1-4-6-8-10-12-14-16-17-18-19-21-23-25-27-29-31-44(67)59-38(39(64)30-28-26-24-22-20-15-13-11-9-7-5-2)36-75-54-49(71)48(70)51(43(35-62)77-54)78-55-50(72)53(47(69)42(34-61)76-55)80-57(56(73)74)32-40(65)45(58-37(3)63)52(79-57)46(68)41(66)33-60/h12,14,16-17,38-43,45-55,60-62,64-66,68-72H,4-11,13,15,18-36H2,1-3H3,(H,58,63)(H,59,67)(H,73,74)/b14-12-,17-16-. The normalized spacial score (nSPS) is 30.8. The molecule has 3 saturated heterocycles. The van der Waals surface area contributed by atoms with Crippen LogP contribution in [0, 0.1) is 0 Å². The molecule has 0 aromatic rings. The number of carbonyl (C=O) groups excluding carboxylic acids is 2. The van der Waals surface area contributed by atoms with Gasteiger partial charge in [-0.05, 0) is 38.5 Å². The number of aliphatic hydroxyl groups is 11. The Hall–Kier alpha value is -2.79. The Kier molecular flexibility index (Phi) is 35.5. The number of amides is 2. The molecule has 23 nitrogen and oxygen atoms in total. The molecule has 0 aliphatic carbocycles. The molecular formula is C57H102N2O21. The minimum atomic E-state index is -3.08. The molecule has 2 amide bonds.